The van der Waals surface area contributed by atoms with Gasteiger partial charge in [0.15, 0.2) is 0 Å². The number of hydrogen-bond acceptors (Lipinski definition) is 3. The van der Waals surface area contributed by atoms with Crippen LogP contribution in [0, 0.1) is 5.82 Å². The van der Waals surface area contributed by atoms with Crippen molar-refractivity contribution in [1.82, 2.24) is 0 Å². The molecule has 1 aromatic rings. The molecule has 0 atom stereocenters. The summed E-state index contributed by atoms with van der Waals surface area (Å²) in [6.45, 7) is 2.90. The zero-order valence-electron chi connectivity index (χ0n) is 11.8. The number of hydrogen-bond donors (Lipinski definition) is 2. The van der Waals surface area contributed by atoms with Crippen LogP contribution in [-0.2, 0) is 14.3 Å². The Bertz CT molecular complexity index is 528. The highest BCUT2D eigenvalue weighted by molar-refractivity contribution is 5.91. The summed E-state index contributed by atoms with van der Waals surface area (Å²) in [4.78, 5) is 21.9. The van der Waals surface area contributed by atoms with E-state index in [1.807, 2.05) is 6.92 Å². The van der Waals surface area contributed by atoms with Crippen LogP contribution in [0.2, 0.25) is 0 Å². The second-order valence-corrected chi connectivity index (χ2v) is 4.32. The van der Waals surface area contributed by atoms with E-state index in [1.165, 1.54) is 12.1 Å². The molecule has 0 heterocycles. The molecule has 114 valence electrons. The largest absolute Gasteiger partial charge is 0.478 e. The number of carboxylic acids is 1. The van der Waals surface area contributed by atoms with E-state index in [1.54, 1.807) is 0 Å². The Kier molecular flexibility index (Phi) is 7.11. The van der Waals surface area contributed by atoms with Crippen LogP contribution in [0.4, 0.5) is 10.1 Å². The Hall–Kier alpha value is -2.21. The van der Waals surface area contributed by atoms with Crippen LogP contribution in [0.3, 0.4) is 0 Å². The smallest absolute Gasteiger partial charge is 0.328 e. The highest BCUT2D eigenvalue weighted by Crippen LogP contribution is 2.16. The van der Waals surface area contributed by atoms with Gasteiger partial charge in [-0.15, -0.1) is 0 Å². The number of carbonyl (C=O) groups is 2. The number of rotatable bonds is 8. The van der Waals surface area contributed by atoms with E-state index in [0.717, 1.165) is 24.6 Å². The van der Waals surface area contributed by atoms with Gasteiger partial charge in [-0.05, 0) is 30.7 Å². The summed E-state index contributed by atoms with van der Waals surface area (Å²) in [5.41, 5.74) is 0.460. The Morgan fingerprint density at radius 3 is 2.76 bits per heavy atom. The van der Waals surface area contributed by atoms with Gasteiger partial charge in [-0.1, -0.05) is 6.92 Å². The quantitative estimate of drug-likeness (QED) is 0.571. The molecule has 0 fully saturated rings. The summed E-state index contributed by atoms with van der Waals surface area (Å²) >= 11 is 0. The van der Waals surface area contributed by atoms with Crippen LogP contribution in [0.1, 0.15) is 25.3 Å². The maximum absolute atomic E-state index is 13.7. The van der Waals surface area contributed by atoms with Crippen LogP contribution in [0.25, 0.3) is 6.08 Å². The molecule has 6 heteroatoms. The van der Waals surface area contributed by atoms with Gasteiger partial charge in [-0.25, -0.2) is 9.18 Å². The first-order valence-corrected chi connectivity index (χ1v) is 6.61. The number of anilines is 1. The molecule has 1 amide bonds. The Balaban J connectivity index is 2.55. The lowest BCUT2D eigenvalue weighted by atomic mass is 10.1. The fraction of sp³-hybridized carbons (Fsp3) is 0.333. The number of ether oxygens (including phenoxy) is 1. The molecule has 0 saturated carbocycles. The maximum atomic E-state index is 13.7. The van der Waals surface area contributed by atoms with Crippen molar-refractivity contribution < 1.29 is 23.8 Å². The first-order chi connectivity index (χ1) is 10.0. The Labute approximate surface area is 122 Å². The third-order valence-corrected chi connectivity index (χ3v) is 2.51. The third-order valence-electron chi connectivity index (χ3n) is 2.51. The van der Waals surface area contributed by atoms with Crippen molar-refractivity contribution in [2.75, 3.05) is 18.5 Å². The number of carbonyl (C=O) groups excluding carboxylic acids is 1. The summed E-state index contributed by atoms with van der Waals surface area (Å²) in [5.74, 6) is -2.02. The van der Waals surface area contributed by atoms with E-state index < -0.39 is 11.8 Å². The molecular weight excluding hydrogens is 277 g/mol. The first kappa shape index (κ1) is 16.8. The molecule has 5 nitrogen and oxygen atoms in total. The number of halogens is 1. The van der Waals surface area contributed by atoms with Gasteiger partial charge in [0.25, 0.3) is 0 Å². The Morgan fingerprint density at radius 1 is 1.38 bits per heavy atom. The lowest BCUT2D eigenvalue weighted by molar-refractivity contribution is -0.131. The lowest BCUT2D eigenvalue weighted by Gasteiger charge is -2.07. The summed E-state index contributed by atoms with van der Waals surface area (Å²) in [6, 6.07) is 4.06. The van der Waals surface area contributed by atoms with E-state index in [-0.39, 0.29) is 17.9 Å². The van der Waals surface area contributed by atoms with Crippen molar-refractivity contribution >= 4 is 23.6 Å². The molecular formula is C15H18FNO4. The summed E-state index contributed by atoms with van der Waals surface area (Å²) < 4.78 is 18.9. The zero-order valence-corrected chi connectivity index (χ0v) is 11.8. The van der Waals surface area contributed by atoms with Crippen LogP contribution in [0.5, 0.6) is 0 Å². The van der Waals surface area contributed by atoms with Crippen molar-refractivity contribution in [2.45, 2.75) is 19.8 Å². The highest BCUT2D eigenvalue weighted by atomic mass is 19.1. The molecule has 0 radical (unpaired) electrons. The fourth-order valence-corrected chi connectivity index (χ4v) is 1.54. The van der Waals surface area contributed by atoms with E-state index in [4.69, 9.17) is 9.84 Å². The molecule has 0 unspecified atom stereocenters. The molecule has 0 spiro atoms. The molecule has 2 N–H and O–H groups in total. The maximum Gasteiger partial charge on any atom is 0.328 e. The number of aliphatic carboxylic acids is 1. The van der Waals surface area contributed by atoms with Crippen molar-refractivity contribution in [1.29, 1.82) is 0 Å². The number of amides is 1. The average molecular weight is 295 g/mol. The fourth-order valence-electron chi connectivity index (χ4n) is 1.54. The summed E-state index contributed by atoms with van der Waals surface area (Å²) in [6.07, 6.45) is 3.09. The lowest BCUT2D eigenvalue weighted by Crippen LogP contribution is -2.14. The van der Waals surface area contributed by atoms with Gasteiger partial charge >= 0.3 is 5.97 Å². The van der Waals surface area contributed by atoms with Gasteiger partial charge in [0.05, 0.1) is 13.0 Å². The minimum Gasteiger partial charge on any atom is -0.478 e. The first-order valence-electron chi connectivity index (χ1n) is 6.61. The van der Waals surface area contributed by atoms with Crippen LogP contribution < -0.4 is 5.32 Å². The molecule has 1 rings (SSSR count). The van der Waals surface area contributed by atoms with Crippen molar-refractivity contribution in [3.63, 3.8) is 0 Å². The van der Waals surface area contributed by atoms with E-state index in [2.05, 4.69) is 5.32 Å². The van der Waals surface area contributed by atoms with Gasteiger partial charge < -0.3 is 15.2 Å². The van der Waals surface area contributed by atoms with Crippen molar-refractivity contribution in [3.05, 3.63) is 35.7 Å². The SMILES string of the molecule is CCCOCCC(=O)Nc1ccc(C=CC(=O)O)c(F)c1. The number of carboxylic acid groups (broad SMARTS) is 1. The standard InChI is InChI=1S/C15H18FNO4/c1-2-8-21-9-7-14(18)17-12-5-3-11(13(16)10-12)4-6-15(19)20/h3-6,10H,2,7-9H2,1H3,(H,17,18)(H,19,20). The molecule has 0 aromatic heterocycles. The number of nitrogens with one attached hydrogen (secondary N) is 1. The summed E-state index contributed by atoms with van der Waals surface area (Å²) in [5, 5.41) is 11.0. The predicted octanol–water partition coefficient (Wildman–Crippen LogP) is 2.68. The van der Waals surface area contributed by atoms with Gasteiger partial charge in [-0.2, -0.15) is 0 Å². The second kappa shape index (κ2) is 8.86. The monoisotopic (exact) mass is 295 g/mol. The Morgan fingerprint density at radius 2 is 2.14 bits per heavy atom. The molecule has 0 bridgehead atoms. The molecule has 0 aliphatic rings. The topological polar surface area (TPSA) is 75.6 Å². The molecule has 21 heavy (non-hydrogen) atoms. The third kappa shape index (κ3) is 6.67. The van der Waals surface area contributed by atoms with E-state index in [0.29, 0.717) is 18.9 Å². The number of benzene rings is 1. The van der Waals surface area contributed by atoms with Gasteiger partial charge in [0, 0.05) is 23.9 Å². The minimum absolute atomic E-state index is 0.140. The van der Waals surface area contributed by atoms with Crippen LogP contribution in [0.15, 0.2) is 24.3 Å². The zero-order chi connectivity index (χ0) is 15.7. The average Bonchev–Trinajstić information content (AvgIpc) is 2.42. The van der Waals surface area contributed by atoms with Crippen molar-refractivity contribution in [2.24, 2.45) is 0 Å². The molecule has 0 aliphatic carbocycles. The molecule has 0 aliphatic heterocycles. The molecule has 1 aromatic carbocycles. The van der Waals surface area contributed by atoms with Crippen LogP contribution in [-0.4, -0.2) is 30.2 Å². The van der Waals surface area contributed by atoms with Gasteiger partial charge in [0.1, 0.15) is 5.82 Å². The second-order valence-electron chi connectivity index (χ2n) is 4.32. The molecule has 0 saturated heterocycles. The minimum atomic E-state index is -1.15. The normalized spacial score (nSPS) is 10.8. The predicted molar refractivity (Wildman–Crippen MR) is 77.4 cm³/mol. The summed E-state index contributed by atoms with van der Waals surface area (Å²) in [7, 11) is 0. The highest BCUT2D eigenvalue weighted by Gasteiger charge is 2.05. The van der Waals surface area contributed by atoms with E-state index >= 15 is 0 Å². The van der Waals surface area contributed by atoms with E-state index in [9.17, 15) is 14.0 Å². The van der Waals surface area contributed by atoms with Gasteiger partial charge in [0.2, 0.25) is 5.91 Å². The van der Waals surface area contributed by atoms with Crippen LogP contribution >= 0.6 is 0 Å². The van der Waals surface area contributed by atoms with Gasteiger partial charge in [-0.3, -0.25) is 4.79 Å². The van der Waals surface area contributed by atoms with Crippen molar-refractivity contribution in [3.8, 4) is 0 Å².